The fourth-order valence-corrected chi connectivity index (χ4v) is 4.10. The number of ether oxygens (including phenoxy) is 1. The van der Waals surface area contributed by atoms with Crippen LogP contribution in [0.15, 0.2) is 30.3 Å². The lowest BCUT2D eigenvalue weighted by Gasteiger charge is -2.26. The fraction of sp³-hybridized carbons (Fsp3) is 0.389. The normalized spacial score (nSPS) is 18.1. The van der Waals surface area contributed by atoms with Crippen LogP contribution < -0.4 is 14.4 Å². The number of rotatable bonds is 7. The molecule has 158 valence electrons. The molecule has 2 heterocycles. The molecule has 29 heavy (non-hydrogen) atoms. The van der Waals surface area contributed by atoms with E-state index in [2.05, 4.69) is 9.88 Å². The summed E-state index contributed by atoms with van der Waals surface area (Å²) in [6.07, 6.45) is 0.918. The van der Waals surface area contributed by atoms with Crippen molar-refractivity contribution in [2.24, 2.45) is 0 Å². The van der Waals surface area contributed by atoms with E-state index in [9.17, 15) is 17.9 Å². The SMILES string of the molecule is CS(=O)(=O)NC(O)c1cc(Cl)c(OC[C@H]2CCCN2c2cccc(Cl)n2)cc1F. The molecular formula is C18H20Cl2FN3O4S. The maximum Gasteiger partial charge on any atom is 0.211 e. The van der Waals surface area contributed by atoms with Gasteiger partial charge in [-0.05, 0) is 31.0 Å². The molecule has 11 heteroatoms. The second-order valence-corrected chi connectivity index (χ2v) is 9.29. The topological polar surface area (TPSA) is 91.8 Å². The van der Waals surface area contributed by atoms with Crippen molar-refractivity contribution in [3.8, 4) is 5.75 Å². The van der Waals surface area contributed by atoms with Crippen molar-refractivity contribution in [3.63, 3.8) is 0 Å². The molecule has 0 bridgehead atoms. The monoisotopic (exact) mass is 463 g/mol. The molecule has 0 aliphatic carbocycles. The quantitative estimate of drug-likeness (QED) is 0.484. The number of anilines is 1. The minimum atomic E-state index is -3.73. The van der Waals surface area contributed by atoms with Crippen LogP contribution in [0.1, 0.15) is 24.6 Å². The number of aliphatic hydroxyl groups is 1. The number of aromatic nitrogens is 1. The Labute approximate surface area is 178 Å². The van der Waals surface area contributed by atoms with Gasteiger partial charge in [-0.15, -0.1) is 0 Å². The molecule has 0 spiro atoms. The summed E-state index contributed by atoms with van der Waals surface area (Å²) in [7, 11) is -3.73. The van der Waals surface area contributed by atoms with Crippen LogP contribution in [0.2, 0.25) is 10.2 Å². The predicted molar refractivity (Wildman–Crippen MR) is 109 cm³/mol. The van der Waals surface area contributed by atoms with Gasteiger partial charge in [-0.25, -0.2) is 17.8 Å². The molecule has 2 atom stereocenters. The molecular weight excluding hydrogens is 444 g/mol. The summed E-state index contributed by atoms with van der Waals surface area (Å²) in [5.41, 5.74) is -0.293. The van der Waals surface area contributed by atoms with Gasteiger partial charge in [0.1, 0.15) is 35.4 Å². The first kappa shape index (κ1) is 22.0. The number of nitrogens with one attached hydrogen (secondary N) is 1. The molecule has 1 aliphatic rings. The molecule has 2 N–H and O–H groups in total. The number of sulfonamides is 1. The van der Waals surface area contributed by atoms with Gasteiger partial charge in [0, 0.05) is 18.2 Å². The number of aliphatic hydroxyl groups excluding tert-OH is 1. The van der Waals surface area contributed by atoms with Gasteiger partial charge in [-0.3, -0.25) is 0 Å². The molecule has 2 aromatic rings. The van der Waals surface area contributed by atoms with Crippen LogP contribution in [-0.4, -0.2) is 44.0 Å². The highest BCUT2D eigenvalue weighted by Crippen LogP contribution is 2.32. The van der Waals surface area contributed by atoms with Crippen molar-refractivity contribution in [2.75, 3.05) is 24.3 Å². The summed E-state index contributed by atoms with van der Waals surface area (Å²) in [5.74, 6) is 0.00408. The van der Waals surface area contributed by atoms with Gasteiger partial charge in [0.2, 0.25) is 10.0 Å². The maximum absolute atomic E-state index is 14.4. The molecule has 1 fully saturated rings. The third-order valence-electron chi connectivity index (χ3n) is 4.47. The fourth-order valence-electron chi connectivity index (χ4n) is 3.18. The highest BCUT2D eigenvalue weighted by molar-refractivity contribution is 7.88. The molecule has 0 amide bonds. The summed E-state index contributed by atoms with van der Waals surface area (Å²) < 4.78 is 44.4. The van der Waals surface area contributed by atoms with E-state index < -0.39 is 22.1 Å². The van der Waals surface area contributed by atoms with E-state index in [1.807, 2.05) is 16.9 Å². The lowest BCUT2D eigenvalue weighted by atomic mass is 10.2. The zero-order valence-corrected chi connectivity index (χ0v) is 17.8. The van der Waals surface area contributed by atoms with Crippen LogP contribution in [0, 0.1) is 5.82 Å². The van der Waals surface area contributed by atoms with Gasteiger partial charge >= 0.3 is 0 Å². The molecule has 1 unspecified atom stereocenters. The summed E-state index contributed by atoms with van der Waals surface area (Å²) in [6.45, 7) is 1.04. The van der Waals surface area contributed by atoms with Crippen LogP contribution in [-0.2, 0) is 10.0 Å². The Kier molecular flexibility index (Phi) is 6.85. The summed E-state index contributed by atoms with van der Waals surface area (Å²) in [6, 6.07) is 7.56. The third kappa shape index (κ3) is 5.70. The van der Waals surface area contributed by atoms with E-state index in [-0.39, 0.29) is 29.0 Å². The van der Waals surface area contributed by atoms with Crippen LogP contribution in [0.4, 0.5) is 10.2 Å². The van der Waals surface area contributed by atoms with E-state index in [4.69, 9.17) is 27.9 Å². The Hall–Kier alpha value is -1.65. The Morgan fingerprint density at radius 2 is 2.17 bits per heavy atom. The summed E-state index contributed by atoms with van der Waals surface area (Å²) >= 11 is 12.1. The second kappa shape index (κ2) is 9.01. The van der Waals surface area contributed by atoms with Crippen molar-refractivity contribution in [2.45, 2.75) is 25.1 Å². The molecule has 3 rings (SSSR count). The molecule has 7 nitrogen and oxygen atoms in total. The largest absolute Gasteiger partial charge is 0.490 e. The number of pyridine rings is 1. The molecule has 1 aromatic carbocycles. The first-order chi connectivity index (χ1) is 13.6. The van der Waals surface area contributed by atoms with Crippen LogP contribution >= 0.6 is 23.2 Å². The van der Waals surface area contributed by atoms with E-state index in [1.54, 1.807) is 6.07 Å². The smallest absolute Gasteiger partial charge is 0.211 e. The van der Waals surface area contributed by atoms with Gasteiger partial charge in [-0.2, -0.15) is 4.72 Å². The number of halogens is 3. The van der Waals surface area contributed by atoms with Crippen LogP contribution in [0.3, 0.4) is 0 Å². The minimum absolute atomic E-state index is 0.0114. The lowest BCUT2D eigenvalue weighted by molar-refractivity contribution is 0.162. The Bertz CT molecular complexity index is 993. The first-order valence-corrected chi connectivity index (χ1v) is 11.4. The zero-order chi connectivity index (χ0) is 21.2. The molecule has 1 aromatic heterocycles. The first-order valence-electron chi connectivity index (χ1n) is 8.80. The van der Waals surface area contributed by atoms with E-state index in [0.717, 1.165) is 43.6 Å². The number of hydrogen-bond acceptors (Lipinski definition) is 6. The minimum Gasteiger partial charge on any atom is -0.490 e. The van der Waals surface area contributed by atoms with Gasteiger partial charge in [0.15, 0.2) is 0 Å². The van der Waals surface area contributed by atoms with E-state index in [1.165, 1.54) is 0 Å². The van der Waals surface area contributed by atoms with E-state index in [0.29, 0.717) is 5.15 Å². The number of hydrogen-bond donors (Lipinski definition) is 2. The number of nitrogens with zero attached hydrogens (tertiary/aromatic N) is 2. The molecule has 0 radical (unpaired) electrons. The van der Waals surface area contributed by atoms with Crippen molar-refractivity contribution in [3.05, 3.63) is 51.9 Å². The summed E-state index contributed by atoms with van der Waals surface area (Å²) in [4.78, 5) is 6.39. The van der Waals surface area contributed by atoms with Gasteiger partial charge in [0.05, 0.1) is 17.3 Å². The standard InChI is InChI=1S/C18H20Cl2FN3O4S/c1-29(26,27)23-18(25)12-8-13(19)15(9-14(12)21)28-10-11-4-3-7-24(11)17-6-2-5-16(20)22-17/h2,5-6,8-9,11,18,23,25H,3-4,7,10H2,1H3/t11-,18?/m1/s1. The van der Waals surface area contributed by atoms with Crippen LogP contribution in [0.25, 0.3) is 0 Å². The van der Waals surface area contributed by atoms with Crippen molar-refractivity contribution >= 4 is 39.0 Å². The van der Waals surface area contributed by atoms with Gasteiger partial charge in [-0.1, -0.05) is 29.3 Å². The average Bonchev–Trinajstić information content (AvgIpc) is 3.09. The maximum atomic E-state index is 14.4. The second-order valence-electron chi connectivity index (χ2n) is 6.72. The van der Waals surface area contributed by atoms with Gasteiger partial charge in [0.25, 0.3) is 0 Å². The molecule has 0 saturated carbocycles. The Morgan fingerprint density at radius 3 is 2.86 bits per heavy atom. The highest BCUT2D eigenvalue weighted by Gasteiger charge is 2.27. The summed E-state index contributed by atoms with van der Waals surface area (Å²) in [5, 5.41) is 10.3. The average molecular weight is 464 g/mol. The molecule has 1 saturated heterocycles. The highest BCUT2D eigenvalue weighted by atomic mass is 35.5. The van der Waals surface area contributed by atoms with Crippen molar-refractivity contribution in [1.82, 2.24) is 9.71 Å². The van der Waals surface area contributed by atoms with Crippen molar-refractivity contribution < 1.29 is 22.7 Å². The zero-order valence-electron chi connectivity index (χ0n) is 15.5. The Balaban J connectivity index is 1.71. The molecule has 1 aliphatic heterocycles. The third-order valence-corrected chi connectivity index (χ3v) is 5.63. The van der Waals surface area contributed by atoms with Crippen molar-refractivity contribution in [1.29, 1.82) is 0 Å². The number of benzene rings is 1. The van der Waals surface area contributed by atoms with Crippen LogP contribution in [0.5, 0.6) is 5.75 Å². The van der Waals surface area contributed by atoms with E-state index >= 15 is 0 Å². The predicted octanol–water partition coefficient (Wildman–Crippen LogP) is 3.12. The van der Waals surface area contributed by atoms with Gasteiger partial charge < -0.3 is 14.7 Å². The lowest BCUT2D eigenvalue weighted by Crippen LogP contribution is -2.34. The Morgan fingerprint density at radius 1 is 1.41 bits per heavy atom.